The van der Waals surface area contributed by atoms with Crippen LogP contribution in [0.25, 0.3) is 0 Å². The van der Waals surface area contributed by atoms with E-state index in [2.05, 4.69) is 6.92 Å². The van der Waals surface area contributed by atoms with Crippen LogP contribution in [0, 0.1) is 5.92 Å². The molecule has 1 fully saturated rings. The Labute approximate surface area is 86.6 Å². The lowest BCUT2D eigenvalue weighted by Gasteiger charge is -2.31. The number of aliphatic hydroxyl groups is 1. The van der Waals surface area contributed by atoms with Gasteiger partial charge < -0.3 is 15.6 Å². The number of nitrogens with two attached hydrogens (primary N) is 1. The van der Waals surface area contributed by atoms with Crippen LogP contribution in [-0.2, 0) is 4.74 Å². The fourth-order valence-corrected chi connectivity index (χ4v) is 2.22. The molecule has 0 spiro atoms. The van der Waals surface area contributed by atoms with Crippen LogP contribution < -0.4 is 5.73 Å². The summed E-state index contributed by atoms with van der Waals surface area (Å²) >= 11 is 0. The number of rotatable bonds is 4. The first kappa shape index (κ1) is 12.0. The van der Waals surface area contributed by atoms with Crippen LogP contribution in [0.3, 0.4) is 0 Å². The van der Waals surface area contributed by atoms with Crippen molar-refractivity contribution >= 4 is 0 Å². The maximum Gasteiger partial charge on any atom is 0.0805 e. The topological polar surface area (TPSA) is 55.5 Å². The highest BCUT2D eigenvalue weighted by Crippen LogP contribution is 2.32. The van der Waals surface area contributed by atoms with E-state index >= 15 is 0 Å². The van der Waals surface area contributed by atoms with Crippen molar-refractivity contribution in [2.45, 2.75) is 44.6 Å². The summed E-state index contributed by atoms with van der Waals surface area (Å²) in [6, 6.07) is 0. The van der Waals surface area contributed by atoms with Gasteiger partial charge in [-0.15, -0.1) is 0 Å². The Morgan fingerprint density at radius 3 is 2.86 bits per heavy atom. The fraction of sp³-hybridized carbons (Fsp3) is 1.00. The molecule has 0 amide bonds. The van der Waals surface area contributed by atoms with Crippen molar-refractivity contribution in [2.24, 2.45) is 11.7 Å². The first-order valence-electron chi connectivity index (χ1n) is 5.67. The lowest BCUT2D eigenvalue weighted by atomic mass is 9.93. The Morgan fingerprint density at radius 1 is 1.43 bits per heavy atom. The second-order valence-corrected chi connectivity index (χ2v) is 4.50. The maximum absolute atomic E-state index is 8.76. The Balaban J connectivity index is 2.49. The third kappa shape index (κ3) is 3.23. The van der Waals surface area contributed by atoms with Crippen LogP contribution in [0.1, 0.15) is 39.0 Å². The van der Waals surface area contributed by atoms with E-state index in [4.69, 9.17) is 15.6 Å². The van der Waals surface area contributed by atoms with E-state index in [-0.39, 0.29) is 12.2 Å². The molecule has 14 heavy (non-hydrogen) atoms. The summed E-state index contributed by atoms with van der Waals surface area (Å²) in [6.07, 6.45) is 5.77. The molecule has 3 heteroatoms. The SMILES string of the molecule is CC1CCCC(CN)(OCCO)CC1. The molecule has 0 heterocycles. The van der Waals surface area contributed by atoms with Gasteiger partial charge in [-0.3, -0.25) is 0 Å². The van der Waals surface area contributed by atoms with Gasteiger partial charge in [-0.2, -0.15) is 0 Å². The van der Waals surface area contributed by atoms with Gasteiger partial charge in [-0.1, -0.05) is 19.8 Å². The van der Waals surface area contributed by atoms with Crippen LogP contribution >= 0.6 is 0 Å². The van der Waals surface area contributed by atoms with Crippen molar-refractivity contribution in [3.63, 3.8) is 0 Å². The van der Waals surface area contributed by atoms with E-state index in [0.717, 1.165) is 18.8 Å². The van der Waals surface area contributed by atoms with Gasteiger partial charge in [0.1, 0.15) is 0 Å². The largest absolute Gasteiger partial charge is 0.394 e. The number of hydrogen-bond donors (Lipinski definition) is 2. The predicted molar refractivity (Wildman–Crippen MR) is 57.1 cm³/mol. The molecule has 84 valence electrons. The highest BCUT2D eigenvalue weighted by atomic mass is 16.5. The zero-order valence-corrected chi connectivity index (χ0v) is 9.17. The Kier molecular flexibility index (Phi) is 4.85. The standard InChI is InChI=1S/C11H23NO2/c1-10-3-2-5-11(9-12,6-4-10)14-8-7-13/h10,13H,2-9,12H2,1H3. The molecule has 3 N–H and O–H groups in total. The quantitative estimate of drug-likeness (QED) is 0.674. The minimum atomic E-state index is -0.145. The molecule has 1 saturated carbocycles. The number of hydrogen-bond acceptors (Lipinski definition) is 3. The highest BCUT2D eigenvalue weighted by molar-refractivity contribution is 4.85. The predicted octanol–water partition coefficient (Wildman–Crippen LogP) is 1.29. The van der Waals surface area contributed by atoms with Gasteiger partial charge in [0.25, 0.3) is 0 Å². The van der Waals surface area contributed by atoms with Gasteiger partial charge in [0.2, 0.25) is 0 Å². The summed E-state index contributed by atoms with van der Waals surface area (Å²) in [5.41, 5.74) is 5.64. The maximum atomic E-state index is 8.76. The average molecular weight is 201 g/mol. The van der Waals surface area contributed by atoms with Gasteiger partial charge in [0.05, 0.1) is 18.8 Å². The minimum Gasteiger partial charge on any atom is -0.394 e. The average Bonchev–Trinajstić information content (AvgIpc) is 2.39. The molecule has 3 nitrogen and oxygen atoms in total. The molecule has 2 unspecified atom stereocenters. The molecule has 0 saturated heterocycles. The molecular formula is C11H23NO2. The molecule has 0 aliphatic heterocycles. The van der Waals surface area contributed by atoms with E-state index in [1.165, 1.54) is 19.3 Å². The second-order valence-electron chi connectivity index (χ2n) is 4.50. The van der Waals surface area contributed by atoms with Gasteiger partial charge in [-0.25, -0.2) is 0 Å². The highest BCUT2D eigenvalue weighted by Gasteiger charge is 2.31. The smallest absolute Gasteiger partial charge is 0.0805 e. The van der Waals surface area contributed by atoms with Crippen molar-refractivity contribution < 1.29 is 9.84 Å². The van der Waals surface area contributed by atoms with Crippen molar-refractivity contribution in [1.29, 1.82) is 0 Å². The van der Waals surface area contributed by atoms with Crippen molar-refractivity contribution in [3.8, 4) is 0 Å². The summed E-state index contributed by atoms with van der Waals surface area (Å²) < 4.78 is 5.72. The lowest BCUT2D eigenvalue weighted by Crippen LogP contribution is -2.41. The molecule has 1 aliphatic carbocycles. The van der Waals surface area contributed by atoms with Gasteiger partial charge >= 0.3 is 0 Å². The van der Waals surface area contributed by atoms with Crippen LogP contribution in [0.2, 0.25) is 0 Å². The molecule has 0 aromatic carbocycles. The number of aliphatic hydroxyl groups excluding tert-OH is 1. The van der Waals surface area contributed by atoms with E-state index in [1.807, 2.05) is 0 Å². The zero-order chi connectivity index (χ0) is 10.4. The normalized spacial score (nSPS) is 34.1. The Hall–Kier alpha value is -0.120. The fourth-order valence-electron chi connectivity index (χ4n) is 2.22. The zero-order valence-electron chi connectivity index (χ0n) is 9.17. The third-order valence-corrected chi connectivity index (χ3v) is 3.29. The van der Waals surface area contributed by atoms with Gasteiger partial charge in [0.15, 0.2) is 0 Å². The van der Waals surface area contributed by atoms with Crippen LogP contribution in [0.15, 0.2) is 0 Å². The van der Waals surface area contributed by atoms with E-state index in [1.54, 1.807) is 0 Å². The molecular weight excluding hydrogens is 178 g/mol. The Bertz CT molecular complexity index is 159. The molecule has 0 radical (unpaired) electrons. The Morgan fingerprint density at radius 2 is 2.21 bits per heavy atom. The lowest BCUT2D eigenvalue weighted by molar-refractivity contribution is -0.0617. The molecule has 0 bridgehead atoms. The minimum absolute atomic E-state index is 0.0945. The number of ether oxygens (including phenoxy) is 1. The van der Waals surface area contributed by atoms with Crippen molar-refractivity contribution in [1.82, 2.24) is 0 Å². The van der Waals surface area contributed by atoms with Crippen LogP contribution in [0.5, 0.6) is 0 Å². The third-order valence-electron chi connectivity index (χ3n) is 3.29. The molecule has 0 aromatic rings. The van der Waals surface area contributed by atoms with Gasteiger partial charge in [0, 0.05) is 6.54 Å². The summed E-state index contributed by atoms with van der Waals surface area (Å²) in [6.45, 7) is 3.39. The summed E-state index contributed by atoms with van der Waals surface area (Å²) in [7, 11) is 0. The van der Waals surface area contributed by atoms with E-state index < -0.39 is 0 Å². The van der Waals surface area contributed by atoms with Crippen LogP contribution in [0.4, 0.5) is 0 Å². The summed E-state index contributed by atoms with van der Waals surface area (Å²) in [5.74, 6) is 0.793. The molecule has 2 atom stereocenters. The first-order valence-corrected chi connectivity index (χ1v) is 5.67. The molecule has 1 aliphatic rings. The van der Waals surface area contributed by atoms with Crippen molar-refractivity contribution in [3.05, 3.63) is 0 Å². The van der Waals surface area contributed by atoms with Crippen LogP contribution in [-0.4, -0.2) is 30.5 Å². The van der Waals surface area contributed by atoms with E-state index in [0.29, 0.717) is 13.2 Å². The molecule has 1 rings (SSSR count). The summed E-state index contributed by atoms with van der Waals surface area (Å²) in [5, 5.41) is 8.76. The van der Waals surface area contributed by atoms with Crippen molar-refractivity contribution in [2.75, 3.05) is 19.8 Å². The summed E-state index contributed by atoms with van der Waals surface area (Å²) in [4.78, 5) is 0. The first-order chi connectivity index (χ1) is 6.72. The second kappa shape index (κ2) is 5.69. The van der Waals surface area contributed by atoms with Gasteiger partial charge in [-0.05, 0) is 25.2 Å². The van der Waals surface area contributed by atoms with E-state index in [9.17, 15) is 0 Å². The molecule has 0 aromatic heterocycles. The monoisotopic (exact) mass is 201 g/mol.